The van der Waals surface area contributed by atoms with E-state index in [0.29, 0.717) is 6.04 Å². The maximum absolute atomic E-state index is 5.60. The molecule has 25 heavy (non-hydrogen) atoms. The molecule has 0 bridgehead atoms. The second-order valence-electron chi connectivity index (χ2n) is 7.81. The van der Waals surface area contributed by atoms with E-state index in [-0.39, 0.29) is 5.54 Å². The summed E-state index contributed by atoms with van der Waals surface area (Å²) in [5, 5.41) is 0. The van der Waals surface area contributed by atoms with E-state index in [2.05, 4.69) is 67.0 Å². The molecule has 0 aromatic heterocycles. The summed E-state index contributed by atoms with van der Waals surface area (Å²) in [6, 6.07) is 11.5. The van der Waals surface area contributed by atoms with Gasteiger partial charge in [-0.05, 0) is 57.8 Å². The lowest BCUT2D eigenvalue weighted by molar-refractivity contribution is -0.00382. The van der Waals surface area contributed by atoms with Crippen LogP contribution >= 0.6 is 0 Å². The molecule has 3 rings (SSSR count). The van der Waals surface area contributed by atoms with E-state index in [1.165, 1.54) is 43.5 Å². The van der Waals surface area contributed by atoms with Gasteiger partial charge >= 0.3 is 0 Å². The van der Waals surface area contributed by atoms with E-state index in [9.17, 15) is 0 Å². The molecular weight excluding hydrogens is 308 g/mol. The lowest BCUT2D eigenvalue weighted by Crippen LogP contribution is -2.53. The Morgan fingerprint density at radius 2 is 1.64 bits per heavy atom. The van der Waals surface area contributed by atoms with Gasteiger partial charge in [-0.15, -0.1) is 0 Å². The maximum Gasteiger partial charge on any atom is 0.0594 e. The number of likely N-dealkylation sites (tertiary alicyclic amines) is 1. The molecule has 0 N–H and O–H groups in total. The van der Waals surface area contributed by atoms with Crippen LogP contribution in [0.3, 0.4) is 0 Å². The van der Waals surface area contributed by atoms with Gasteiger partial charge in [-0.25, -0.2) is 0 Å². The summed E-state index contributed by atoms with van der Waals surface area (Å²) in [6.45, 7) is 13.2. The zero-order valence-electron chi connectivity index (χ0n) is 16.2. The van der Waals surface area contributed by atoms with E-state index < -0.39 is 0 Å². The van der Waals surface area contributed by atoms with Gasteiger partial charge in [0.15, 0.2) is 0 Å². The Kier molecular flexibility index (Phi) is 6.32. The minimum atomic E-state index is 0.0382. The van der Waals surface area contributed by atoms with Crippen LogP contribution in [0, 0.1) is 0 Å². The third-order valence-electron chi connectivity index (χ3n) is 5.98. The van der Waals surface area contributed by atoms with Crippen molar-refractivity contribution in [1.29, 1.82) is 0 Å². The summed E-state index contributed by atoms with van der Waals surface area (Å²) >= 11 is 0. The predicted molar refractivity (Wildman–Crippen MR) is 105 cm³/mol. The van der Waals surface area contributed by atoms with Crippen molar-refractivity contribution in [1.82, 2.24) is 9.80 Å². The first-order chi connectivity index (χ1) is 12.1. The van der Waals surface area contributed by atoms with E-state index in [1.54, 1.807) is 0 Å². The molecule has 2 aliphatic heterocycles. The molecule has 1 aromatic carbocycles. The van der Waals surface area contributed by atoms with Gasteiger partial charge in [-0.3, -0.25) is 9.80 Å². The van der Waals surface area contributed by atoms with Crippen LogP contribution in [0.2, 0.25) is 0 Å². The first kappa shape index (κ1) is 18.6. The fourth-order valence-electron chi connectivity index (χ4n) is 4.55. The summed E-state index contributed by atoms with van der Waals surface area (Å²) < 4.78 is 5.60. The van der Waals surface area contributed by atoms with Crippen LogP contribution in [0.1, 0.15) is 51.6 Å². The summed E-state index contributed by atoms with van der Waals surface area (Å²) in [6.07, 6.45) is 6.38. The van der Waals surface area contributed by atoms with Crippen molar-refractivity contribution in [2.75, 3.05) is 39.4 Å². The number of hydrogen-bond donors (Lipinski definition) is 0. The number of allylic oxidation sites excluding steroid dienone is 1. The number of rotatable bonds is 5. The number of piperidine rings is 1. The van der Waals surface area contributed by atoms with Crippen LogP contribution in [0.15, 0.2) is 42.0 Å². The second-order valence-corrected chi connectivity index (χ2v) is 7.81. The zero-order chi connectivity index (χ0) is 17.7. The van der Waals surface area contributed by atoms with Crippen molar-refractivity contribution < 1.29 is 4.74 Å². The van der Waals surface area contributed by atoms with E-state index in [4.69, 9.17) is 4.74 Å². The third kappa shape index (κ3) is 4.16. The fraction of sp³-hybridized carbons (Fsp3) is 0.636. The molecule has 2 saturated heterocycles. The van der Waals surface area contributed by atoms with Gasteiger partial charge in [0.05, 0.1) is 19.3 Å². The molecule has 0 radical (unpaired) electrons. The molecule has 1 atom stereocenters. The third-order valence-corrected chi connectivity index (χ3v) is 5.98. The molecule has 3 nitrogen and oxygen atoms in total. The van der Waals surface area contributed by atoms with Gasteiger partial charge in [0, 0.05) is 18.6 Å². The van der Waals surface area contributed by atoms with Crippen LogP contribution in [0.4, 0.5) is 0 Å². The lowest BCUT2D eigenvalue weighted by Gasteiger charge is -2.47. The molecule has 2 fully saturated rings. The molecule has 0 amide bonds. The highest BCUT2D eigenvalue weighted by atomic mass is 16.5. The Morgan fingerprint density at radius 3 is 2.24 bits per heavy atom. The van der Waals surface area contributed by atoms with Crippen molar-refractivity contribution in [3.8, 4) is 0 Å². The van der Waals surface area contributed by atoms with Gasteiger partial charge in [0.1, 0.15) is 0 Å². The van der Waals surface area contributed by atoms with Crippen LogP contribution < -0.4 is 0 Å². The average Bonchev–Trinajstić information content (AvgIpc) is 2.68. The Bertz CT molecular complexity index is 555. The molecule has 1 unspecified atom stereocenters. The quantitative estimate of drug-likeness (QED) is 0.743. The van der Waals surface area contributed by atoms with Crippen molar-refractivity contribution >= 4 is 0 Å². The SMILES string of the molecule is C/C=C(/C(c1ccccc1)N1CCCCC1)C(C)(C)N1CCOCC1. The second kappa shape index (κ2) is 8.48. The highest BCUT2D eigenvalue weighted by molar-refractivity contribution is 5.34. The molecule has 138 valence electrons. The molecule has 0 saturated carbocycles. The molecule has 1 aromatic rings. The van der Waals surface area contributed by atoms with Gasteiger partial charge in [-0.2, -0.15) is 0 Å². The fourth-order valence-corrected chi connectivity index (χ4v) is 4.55. The molecule has 2 heterocycles. The number of morpholine rings is 1. The highest BCUT2D eigenvalue weighted by Gasteiger charge is 2.38. The first-order valence-corrected chi connectivity index (χ1v) is 9.93. The lowest BCUT2D eigenvalue weighted by atomic mass is 9.81. The minimum Gasteiger partial charge on any atom is -0.379 e. The number of hydrogen-bond acceptors (Lipinski definition) is 3. The average molecular weight is 343 g/mol. The van der Waals surface area contributed by atoms with Crippen molar-refractivity contribution in [3.05, 3.63) is 47.5 Å². The van der Waals surface area contributed by atoms with Crippen LogP contribution in [0.5, 0.6) is 0 Å². The Balaban J connectivity index is 1.94. The van der Waals surface area contributed by atoms with Crippen molar-refractivity contribution in [2.24, 2.45) is 0 Å². The van der Waals surface area contributed by atoms with Crippen LogP contribution in [0.25, 0.3) is 0 Å². The van der Waals surface area contributed by atoms with Crippen molar-refractivity contribution in [3.63, 3.8) is 0 Å². The summed E-state index contributed by atoms with van der Waals surface area (Å²) in [4.78, 5) is 5.31. The number of benzene rings is 1. The van der Waals surface area contributed by atoms with Gasteiger partial charge < -0.3 is 4.74 Å². The summed E-state index contributed by atoms with van der Waals surface area (Å²) in [5.41, 5.74) is 3.00. The molecule has 0 aliphatic carbocycles. The van der Waals surface area contributed by atoms with Gasteiger partial charge in [-0.1, -0.05) is 42.8 Å². The maximum atomic E-state index is 5.60. The Hall–Kier alpha value is -1.16. The standard InChI is InChI=1S/C22H34N2O/c1-4-20(22(2,3)24-15-17-25-18-16-24)21(19-11-7-5-8-12-19)23-13-9-6-10-14-23/h4-5,7-8,11-12,21H,6,9-10,13-18H2,1-3H3/b20-4-. The van der Waals surface area contributed by atoms with Crippen LogP contribution in [-0.2, 0) is 4.74 Å². The monoisotopic (exact) mass is 342 g/mol. The predicted octanol–water partition coefficient (Wildman–Crippen LogP) is 4.27. The molecule has 3 heteroatoms. The summed E-state index contributed by atoms with van der Waals surface area (Å²) in [5.74, 6) is 0. The van der Waals surface area contributed by atoms with E-state index in [1.807, 2.05) is 0 Å². The highest BCUT2D eigenvalue weighted by Crippen LogP contribution is 2.39. The normalized spacial score (nSPS) is 22.8. The Morgan fingerprint density at radius 1 is 1.00 bits per heavy atom. The Labute approximate surface area is 153 Å². The van der Waals surface area contributed by atoms with Gasteiger partial charge in [0.2, 0.25) is 0 Å². The van der Waals surface area contributed by atoms with Crippen molar-refractivity contribution in [2.45, 2.75) is 51.6 Å². The van der Waals surface area contributed by atoms with E-state index in [0.717, 1.165) is 26.3 Å². The topological polar surface area (TPSA) is 15.7 Å². The first-order valence-electron chi connectivity index (χ1n) is 9.93. The minimum absolute atomic E-state index is 0.0382. The number of ether oxygens (including phenoxy) is 1. The molecular formula is C22H34N2O. The van der Waals surface area contributed by atoms with Crippen LogP contribution in [-0.4, -0.2) is 54.7 Å². The number of nitrogens with zero attached hydrogens (tertiary/aromatic N) is 2. The molecule has 0 spiro atoms. The van der Waals surface area contributed by atoms with Gasteiger partial charge in [0.25, 0.3) is 0 Å². The smallest absolute Gasteiger partial charge is 0.0594 e. The summed E-state index contributed by atoms with van der Waals surface area (Å²) in [7, 11) is 0. The molecule has 2 aliphatic rings. The van der Waals surface area contributed by atoms with E-state index >= 15 is 0 Å². The largest absolute Gasteiger partial charge is 0.379 e. The zero-order valence-corrected chi connectivity index (χ0v) is 16.2.